The van der Waals surface area contributed by atoms with Crippen molar-refractivity contribution < 1.29 is 14.6 Å². The number of ether oxygens (including phenoxy) is 1. The van der Waals surface area contributed by atoms with Gasteiger partial charge in [0.05, 0.1) is 11.5 Å². The lowest BCUT2D eigenvalue weighted by atomic mass is 10.00. The molecule has 0 aromatic heterocycles. The van der Waals surface area contributed by atoms with E-state index in [1.54, 1.807) is 14.0 Å². The molecule has 0 fully saturated rings. The molecule has 4 heteroatoms. The van der Waals surface area contributed by atoms with Crippen LogP contribution in [0.15, 0.2) is 24.3 Å². The third kappa shape index (κ3) is 5.01. The minimum atomic E-state index is -0.798. The molecule has 0 saturated carbocycles. The second-order valence-corrected chi connectivity index (χ2v) is 5.37. The fourth-order valence-corrected chi connectivity index (χ4v) is 1.65. The van der Waals surface area contributed by atoms with Crippen LogP contribution in [0.5, 0.6) is 0 Å². The summed E-state index contributed by atoms with van der Waals surface area (Å²) in [5, 5.41) is 12.3. The van der Waals surface area contributed by atoms with Crippen LogP contribution in [-0.2, 0) is 16.1 Å². The van der Waals surface area contributed by atoms with Crippen molar-refractivity contribution in [3.63, 3.8) is 0 Å². The second-order valence-electron chi connectivity index (χ2n) is 5.37. The van der Waals surface area contributed by atoms with E-state index in [0.717, 1.165) is 24.2 Å². The number of aliphatic carboxylic acids is 1. The maximum Gasteiger partial charge on any atom is 0.310 e. The summed E-state index contributed by atoms with van der Waals surface area (Å²) in [6, 6.07) is 7.66. The van der Waals surface area contributed by atoms with Crippen molar-refractivity contribution in [2.75, 3.05) is 13.7 Å². The van der Waals surface area contributed by atoms with Gasteiger partial charge in [0.15, 0.2) is 0 Å². The molecule has 2 N–H and O–H groups in total. The number of carboxylic acid groups (broad SMARTS) is 1. The molecule has 0 radical (unpaired) electrons. The Balaban J connectivity index is 2.51. The van der Waals surface area contributed by atoms with Gasteiger partial charge in [0, 0.05) is 20.2 Å². The van der Waals surface area contributed by atoms with Crippen molar-refractivity contribution >= 4 is 5.97 Å². The summed E-state index contributed by atoms with van der Waals surface area (Å²) in [7, 11) is 1.70. The normalized spacial score (nSPS) is 13.3. The summed E-state index contributed by atoms with van der Waals surface area (Å²) in [6.07, 6.45) is 0. The number of hydrogen-bond acceptors (Lipinski definition) is 3. The summed E-state index contributed by atoms with van der Waals surface area (Å²) >= 11 is 0. The largest absolute Gasteiger partial charge is 0.481 e. The molecular weight excluding hydrogens is 242 g/mol. The lowest BCUT2D eigenvalue weighted by Gasteiger charge is -2.23. The average Bonchev–Trinajstić information content (AvgIpc) is 2.38. The molecule has 0 spiro atoms. The Morgan fingerprint density at radius 1 is 1.37 bits per heavy atom. The van der Waals surface area contributed by atoms with Crippen molar-refractivity contribution in [1.29, 1.82) is 0 Å². The molecular formula is C15H23NO3. The predicted molar refractivity (Wildman–Crippen MR) is 75.3 cm³/mol. The van der Waals surface area contributed by atoms with E-state index in [-0.39, 0.29) is 5.60 Å². The standard InChI is InChI=1S/C15H23NO3/c1-11(14(17)18)13-7-5-12(6-8-13)9-16-10-15(2,3)19-4/h5-8,11,16H,9-10H2,1-4H3,(H,17,18). The highest BCUT2D eigenvalue weighted by molar-refractivity contribution is 5.75. The Bertz CT molecular complexity index is 412. The molecule has 4 nitrogen and oxygen atoms in total. The molecule has 1 atom stereocenters. The number of methoxy groups -OCH3 is 1. The molecule has 19 heavy (non-hydrogen) atoms. The summed E-state index contributed by atoms with van der Waals surface area (Å²) in [6.45, 7) is 7.25. The SMILES string of the molecule is COC(C)(C)CNCc1ccc(C(C)C(=O)O)cc1. The molecule has 1 rings (SSSR count). The quantitative estimate of drug-likeness (QED) is 0.794. The highest BCUT2D eigenvalue weighted by Gasteiger charge is 2.15. The zero-order chi connectivity index (χ0) is 14.5. The van der Waals surface area contributed by atoms with E-state index in [1.807, 2.05) is 38.1 Å². The average molecular weight is 265 g/mol. The molecule has 1 aromatic rings. The van der Waals surface area contributed by atoms with E-state index >= 15 is 0 Å². The van der Waals surface area contributed by atoms with Gasteiger partial charge in [0.25, 0.3) is 0 Å². The monoisotopic (exact) mass is 265 g/mol. The fraction of sp³-hybridized carbons (Fsp3) is 0.533. The number of benzene rings is 1. The third-order valence-corrected chi connectivity index (χ3v) is 3.28. The van der Waals surface area contributed by atoms with Crippen LogP contribution >= 0.6 is 0 Å². The first-order valence-corrected chi connectivity index (χ1v) is 6.43. The van der Waals surface area contributed by atoms with Gasteiger partial charge < -0.3 is 15.2 Å². The van der Waals surface area contributed by atoms with Gasteiger partial charge in [-0.05, 0) is 31.9 Å². The first-order chi connectivity index (χ1) is 8.85. The lowest BCUT2D eigenvalue weighted by Crippen LogP contribution is -2.36. The molecule has 0 bridgehead atoms. The molecule has 1 unspecified atom stereocenters. The van der Waals surface area contributed by atoms with E-state index < -0.39 is 11.9 Å². The molecule has 0 aliphatic carbocycles. The maximum atomic E-state index is 10.9. The number of carbonyl (C=O) groups is 1. The Hall–Kier alpha value is -1.39. The molecule has 0 saturated heterocycles. The van der Waals surface area contributed by atoms with Crippen molar-refractivity contribution in [2.45, 2.75) is 38.8 Å². The Morgan fingerprint density at radius 3 is 2.42 bits per heavy atom. The Morgan fingerprint density at radius 2 is 1.95 bits per heavy atom. The van der Waals surface area contributed by atoms with E-state index in [9.17, 15) is 4.79 Å². The second kappa shape index (κ2) is 6.68. The summed E-state index contributed by atoms with van der Waals surface area (Å²) < 4.78 is 5.32. The van der Waals surface area contributed by atoms with Crippen LogP contribution < -0.4 is 5.32 Å². The number of carboxylic acids is 1. The van der Waals surface area contributed by atoms with E-state index in [1.165, 1.54) is 0 Å². The van der Waals surface area contributed by atoms with Gasteiger partial charge in [-0.1, -0.05) is 24.3 Å². The van der Waals surface area contributed by atoms with Crippen LogP contribution in [0.3, 0.4) is 0 Å². The smallest absolute Gasteiger partial charge is 0.310 e. The van der Waals surface area contributed by atoms with Crippen LogP contribution in [0.25, 0.3) is 0 Å². The Kier molecular flexibility index (Phi) is 5.51. The summed E-state index contributed by atoms with van der Waals surface area (Å²) in [5.41, 5.74) is 1.78. The number of hydrogen-bond donors (Lipinski definition) is 2. The van der Waals surface area contributed by atoms with Gasteiger partial charge in [-0.3, -0.25) is 4.79 Å². The van der Waals surface area contributed by atoms with Crippen LogP contribution in [0, 0.1) is 0 Å². The highest BCUT2D eigenvalue weighted by Crippen LogP contribution is 2.16. The van der Waals surface area contributed by atoms with E-state index in [4.69, 9.17) is 9.84 Å². The van der Waals surface area contributed by atoms with Gasteiger partial charge in [0.2, 0.25) is 0 Å². The molecule has 0 aliphatic rings. The molecule has 106 valence electrons. The molecule has 0 amide bonds. The number of nitrogens with one attached hydrogen (secondary N) is 1. The van der Waals surface area contributed by atoms with Gasteiger partial charge in [-0.15, -0.1) is 0 Å². The lowest BCUT2D eigenvalue weighted by molar-refractivity contribution is -0.138. The molecule has 0 aliphatic heterocycles. The Labute approximate surface area is 114 Å². The molecule has 0 heterocycles. The van der Waals surface area contributed by atoms with Gasteiger partial charge in [-0.2, -0.15) is 0 Å². The van der Waals surface area contributed by atoms with Crippen LogP contribution in [0.4, 0.5) is 0 Å². The molecule has 1 aromatic carbocycles. The van der Waals surface area contributed by atoms with E-state index in [2.05, 4.69) is 5.32 Å². The predicted octanol–water partition coefficient (Wildman–Crippen LogP) is 2.39. The fourth-order valence-electron chi connectivity index (χ4n) is 1.65. The summed E-state index contributed by atoms with van der Waals surface area (Å²) in [5.74, 6) is -1.26. The minimum Gasteiger partial charge on any atom is -0.481 e. The maximum absolute atomic E-state index is 10.9. The zero-order valence-corrected chi connectivity index (χ0v) is 12.1. The third-order valence-electron chi connectivity index (χ3n) is 3.28. The summed E-state index contributed by atoms with van der Waals surface area (Å²) in [4.78, 5) is 10.9. The number of rotatable bonds is 7. The highest BCUT2D eigenvalue weighted by atomic mass is 16.5. The first kappa shape index (κ1) is 15.7. The van der Waals surface area contributed by atoms with Gasteiger partial charge in [0.1, 0.15) is 0 Å². The zero-order valence-electron chi connectivity index (χ0n) is 12.1. The van der Waals surface area contributed by atoms with Crippen LogP contribution in [-0.4, -0.2) is 30.3 Å². The van der Waals surface area contributed by atoms with E-state index in [0.29, 0.717) is 0 Å². The first-order valence-electron chi connectivity index (χ1n) is 6.43. The van der Waals surface area contributed by atoms with Crippen molar-refractivity contribution in [3.05, 3.63) is 35.4 Å². The van der Waals surface area contributed by atoms with Crippen molar-refractivity contribution in [2.24, 2.45) is 0 Å². The minimum absolute atomic E-state index is 0.183. The topological polar surface area (TPSA) is 58.6 Å². The van der Waals surface area contributed by atoms with Gasteiger partial charge in [-0.25, -0.2) is 0 Å². The van der Waals surface area contributed by atoms with Crippen LogP contribution in [0.1, 0.15) is 37.8 Å². The van der Waals surface area contributed by atoms with Gasteiger partial charge >= 0.3 is 5.97 Å². The van der Waals surface area contributed by atoms with Crippen molar-refractivity contribution in [1.82, 2.24) is 5.32 Å². The van der Waals surface area contributed by atoms with Crippen LogP contribution in [0.2, 0.25) is 0 Å². The van der Waals surface area contributed by atoms with Crippen molar-refractivity contribution in [3.8, 4) is 0 Å².